The topological polar surface area (TPSA) is 69.4 Å². The molecule has 0 saturated heterocycles. The van der Waals surface area contributed by atoms with Gasteiger partial charge in [-0.05, 0) is 17.2 Å². The van der Waals surface area contributed by atoms with Gasteiger partial charge in [0.2, 0.25) is 0 Å². The third-order valence-electron chi connectivity index (χ3n) is 3.19. The number of nitrogens with two attached hydrogens (primary N) is 1. The van der Waals surface area contributed by atoms with Crippen LogP contribution in [0.5, 0.6) is 5.75 Å². The zero-order chi connectivity index (χ0) is 15.3. The van der Waals surface area contributed by atoms with E-state index >= 15 is 0 Å². The molecule has 0 aliphatic heterocycles. The Kier molecular flexibility index (Phi) is 4.98. The molecule has 112 valence electrons. The number of hydrogen-bond acceptors (Lipinski definition) is 4. The highest BCUT2D eigenvalue weighted by Crippen LogP contribution is 2.22. The van der Waals surface area contributed by atoms with E-state index in [2.05, 4.69) is 0 Å². The summed E-state index contributed by atoms with van der Waals surface area (Å²) in [5.41, 5.74) is 7.97. The molecule has 2 aromatic carbocycles. The fourth-order valence-electron chi connectivity index (χ4n) is 2.18. The van der Waals surface area contributed by atoms with E-state index in [1.165, 1.54) is 0 Å². The Morgan fingerprint density at radius 1 is 1.00 bits per heavy atom. The number of ether oxygens (including phenoxy) is 1. The molecule has 0 aliphatic carbocycles. The maximum absolute atomic E-state index is 12.3. The summed E-state index contributed by atoms with van der Waals surface area (Å²) < 4.78 is 29.8. The van der Waals surface area contributed by atoms with Crippen LogP contribution in [0.2, 0.25) is 0 Å². The molecule has 5 heteroatoms. The molecule has 0 bridgehead atoms. The first kappa shape index (κ1) is 15.5. The van der Waals surface area contributed by atoms with Crippen molar-refractivity contribution in [1.29, 1.82) is 0 Å². The van der Waals surface area contributed by atoms with Gasteiger partial charge >= 0.3 is 0 Å². The largest absolute Gasteiger partial charge is 0.496 e. The second-order valence-electron chi connectivity index (χ2n) is 4.87. The predicted molar refractivity (Wildman–Crippen MR) is 83.7 cm³/mol. The van der Waals surface area contributed by atoms with Gasteiger partial charge in [-0.15, -0.1) is 0 Å². The van der Waals surface area contributed by atoms with Crippen molar-refractivity contribution in [1.82, 2.24) is 0 Å². The van der Waals surface area contributed by atoms with E-state index in [4.69, 9.17) is 10.5 Å². The molecule has 0 aliphatic rings. The van der Waals surface area contributed by atoms with Gasteiger partial charge in [0, 0.05) is 12.1 Å². The molecule has 0 radical (unpaired) electrons. The maximum atomic E-state index is 12.3. The lowest BCUT2D eigenvalue weighted by molar-refractivity contribution is 0.409. The number of hydrogen-bond donors (Lipinski definition) is 1. The summed E-state index contributed by atoms with van der Waals surface area (Å²) in [6.07, 6.45) is 0. The second kappa shape index (κ2) is 6.74. The zero-order valence-electron chi connectivity index (χ0n) is 12.0. The summed E-state index contributed by atoms with van der Waals surface area (Å²) in [6.45, 7) is 0.361. The van der Waals surface area contributed by atoms with Gasteiger partial charge in [-0.2, -0.15) is 0 Å². The summed E-state index contributed by atoms with van der Waals surface area (Å²) >= 11 is 0. The van der Waals surface area contributed by atoms with Gasteiger partial charge in [-0.25, -0.2) is 8.42 Å². The SMILES string of the molecule is COc1cc(CS(=O)(=O)Cc2ccccc2)ccc1CN. The number of benzene rings is 2. The van der Waals surface area contributed by atoms with E-state index in [-0.39, 0.29) is 11.5 Å². The zero-order valence-corrected chi connectivity index (χ0v) is 12.8. The highest BCUT2D eigenvalue weighted by molar-refractivity contribution is 7.89. The van der Waals surface area contributed by atoms with Crippen LogP contribution in [0.3, 0.4) is 0 Å². The van der Waals surface area contributed by atoms with Crippen molar-refractivity contribution in [3.8, 4) is 5.75 Å². The Labute approximate surface area is 125 Å². The molecule has 0 unspecified atom stereocenters. The highest BCUT2D eigenvalue weighted by atomic mass is 32.2. The third kappa shape index (κ3) is 4.31. The van der Waals surface area contributed by atoms with Gasteiger partial charge in [0.1, 0.15) is 5.75 Å². The smallest absolute Gasteiger partial charge is 0.158 e. The van der Waals surface area contributed by atoms with Crippen molar-refractivity contribution >= 4 is 9.84 Å². The summed E-state index contributed by atoms with van der Waals surface area (Å²) in [4.78, 5) is 0. The lowest BCUT2D eigenvalue weighted by Gasteiger charge is -2.10. The molecule has 0 saturated carbocycles. The molecule has 2 aromatic rings. The molecule has 0 heterocycles. The summed E-state index contributed by atoms with van der Waals surface area (Å²) in [5, 5.41) is 0. The van der Waals surface area contributed by atoms with Crippen LogP contribution in [0.1, 0.15) is 16.7 Å². The molecule has 0 aromatic heterocycles. The molecule has 0 atom stereocenters. The maximum Gasteiger partial charge on any atom is 0.158 e. The molecule has 0 spiro atoms. The van der Waals surface area contributed by atoms with Crippen LogP contribution in [-0.2, 0) is 27.9 Å². The summed E-state index contributed by atoms with van der Waals surface area (Å²) in [7, 11) is -1.67. The van der Waals surface area contributed by atoms with E-state index < -0.39 is 9.84 Å². The van der Waals surface area contributed by atoms with Crippen LogP contribution < -0.4 is 10.5 Å². The molecule has 21 heavy (non-hydrogen) atoms. The summed E-state index contributed by atoms with van der Waals surface area (Å²) in [5.74, 6) is 0.655. The number of methoxy groups -OCH3 is 1. The van der Waals surface area contributed by atoms with Gasteiger partial charge in [0.25, 0.3) is 0 Å². The van der Waals surface area contributed by atoms with E-state index in [1.54, 1.807) is 19.2 Å². The first-order valence-electron chi connectivity index (χ1n) is 6.64. The van der Waals surface area contributed by atoms with Gasteiger partial charge in [-0.1, -0.05) is 42.5 Å². The Morgan fingerprint density at radius 3 is 2.29 bits per heavy atom. The van der Waals surface area contributed by atoms with Crippen molar-refractivity contribution in [3.63, 3.8) is 0 Å². The first-order chi connectivity index (χ1) is 10.0. The predicted octanol–water partition coefficient (Wildman–Crippen LogP) is 2.27. The van der Waals surface area contributed by atoms with E-state index in [0.717, 1.165) is 11.1 Å². The second-order valence-corrected chi connectivity index (χ2v) is 6.93. The van der Waals surface area contributed by atoms with Gasteiger partial charge in [0.05, 0.1) is 18.6 Å². The lowest BCUT2D eigenvalue weighted by Crippen LogP contribution is -2.08. The van der Waals surface area contributed by atoms with Crippen LogP contribution in [0.25, 0.3) is 0 Å². The van der Waals surface area contributed by atoms with Crippen molar-refractivity contribution < 1.29 is 13.2 Å². The Bertz CT molecular complexity index is 697. The first-order valence-corrected chi connectivity index (χ1v) is 8.46. The molecule has 2 rings (SSSR count). The molecular formula is C16H19NO3S. The average Bonchev–Trinajstić information content (AvgIpc) is 2.47. The van der Waals surface area contributed by atoms with Crippen molar-refractivity contribution in [3.05, 3.63) is 65.2 Å². The minimum absolute atomic E-state index is 0.0108. The molecule has 2 N–H and O–H groups in total. The Morgan fingerprint density at radius 2 is 1.67 bits per heavy atom. The monoisotopic (exact) mass is 305 g/mol. The molecule has 0 amide bonds. The van der Waals surface area contributed by atoms with Crippen LogP contribution in [0.4, 0.5) is 0 Å². The quantitative estimate of drug-likeness (QED) is 0.889. The minimum atomic E-state index is -3.22. The van der Waals surface area contributed by atoms with Crippen molar-refractivity contribution in [2.24, 2.45) is 5.73 Å². The van der Waals surface area contributed by atoms with Crippen LogP contribution in [0.15, 0.2) is 48.5 Å². The minimum Gasteiger partial charge on any atom is -0.496 e. The number of sulfone groups is 1. The van der Waals surface area contributed by atoms with Gasteiger partial charge < -0.3 is 10.5 Å². The molecule has 0 fully saturated rings. The average molecular weight is 305 g/mol. The normalized spacial score (nSPS) is 11.3. The van der Waals surface area contributed by atoms with Crippen LogP contribution >= 0.6 is 0 Å². The van der Waals surface area contributed by atoms with Crippen molar-refractivity contribution in [2.75, 3.05) is 7.11 Å². The summed E-state index contributed by atoms with van der Waals surface area (Å²) in [6, 6.07) is 14.5. The number of rotatable bonds is 6. The van der Waals surface area contributed by atoms with Crippen LogP contribution in [0, 0.1) is 0 Å². The fourth-order valence-corrected chi connectivity index (χ4v) is 3.67. The van der Waals surface area contributed by atoms with Crippen LogP contribution in [-0.4, -0.2) is 15.5 Å². The molecular weight excluding hydrogens is 286 g/mol. The fraction of sp³-hybridized carbons (Fsp3) is 0.250. The van der Waals surface area contributed by atoms with Gasteiger partial charge in [-0.3, -0.25) is 0 Å². The molecule has 4 nitrogen and oxygen atoms in total. The van der Waals surface area contributed by atoms with E-state index in [0.29, 0.717) is 17.9 Å². The van der Waals surface area contributed by atoms with E-state index in [9.17, 15) is 8.42 Å². The highest BCUT2D eigenvalue weighted by Gasteiger charge is 2.14. The lowest BCUT2D eigenvalue weighted by atomic mass is 10.1. The third-order valence-corrected chi connectivity index (χ3v) is 4.73. The van der Waals surface area contributed by atoms with E-state index in [1.807, 2.05) is 36.4 Å². The Hall–Kier alpha value is -1.85. The van der Waals surface area contributed by atoms with Gasteiger partial charge in [0.15, 0.2) is 9.84 Å². The standard InChI is InChI=1S/C16H19NO3S/c1-20-16-9-14(7-8-15(16)10-17)12-21(18,19)11-13-5-3-2-4-6-13/h2-9H,10-12,17H2,1H3. The van der Waals surface area contributed by atoms with Crippen molar-refractivity contribution in [2.45, 2.75) is 18.1 Å². The Balaban J connectivity index is 2.17.